The predicted octanol–water partition coefficient (Wildman–Crippen LogP) is 2.53. The Kier molecular flexibility index (Phi) is 5.27. The minimum absolute atomic E-state index is 0.132. The van der Waals surface area contributed by atoms with Gasteiger partial charge in [-0.1, -0.05) is 13.0 Å². The number of rotatable bonds is 5. The monoisotopic (exact) mass is 317 g/mol. The molecule has 0 spiro atoms. The molecule has 0 heterocycles. The van der Waals surface area contributed by atoms with Crippen molar-refractivity contribution < 1.29 is 19.1 Å². The first-order chi connectivity index (χ1) is 8.47. The van der Waals surface area contributed by atoms with Gasteiger partial charge < -0.3 is 10.0 Å². The molecule has 0 aliphatic carbocycles. The highest BCUT2D eigenvalue weighted by Gasteiger charge is 2.22. The molecule has 6 heteroatoms. The van der Waals surface area contributed by atoms with Crippen LogP contribution in [0, 0.1) is 5.82 Å². The summed E-state index contributed by atoms with van der Waals surface area (Å²) < 4.78 is 13.9. The van der Waals surface area contributed by atoms with Crippen molar-refractivity contribution in [3.05, 3.63) is 34.1 Å². The fourth-order valence-corrected chi connectivity index (χ4v) is 2.06. The number of hydrogen-bond donors (Lipinski definition) is 1. The maximum Gasteiger partial charge on any atom is 0.323 e. The number of benzene rings is 1. The number of carboxylic acids is 1. The lowest BCUT2D eigenvalue weighted by Crippen LogP contribution is -2.36. The summed E-state index contributed by atoms with van der Waals surface area (Å²) in [6.07, 6.45) is 0.602. The fourth-order valence-electron chi connectivity index (χ4n) is 1.55. The van der Waals surface area contributed by atoms with Gasteiger partial charge in [0.05, 0.1) is 5.56 Å². The van der Waals surface area contributed by atoms with Gasteiger partial charge in [0.15, 0.2) is 0 Å². The molecule has 0 aromatic heterocycles. The molecule has 0 unspecified atom stereocenters. The topological polar surface area (TPSA) is 57.6 Å². The van der Waals surface area contributed by atoms with Gasteiger partial charge in [0, 0.05) is 11.0 Å². The molecule has 1 aromatic carbocycles. The highest BCUT2D eigenvalue weighted by Crippen LogP contribution is 2.21. The van der Waals surface area contributed by atoms with Crippen molar-refractivity contribution in [3.8, 4) is 0 Å². The minimum Gasteiger partial charge on any atom is -0.480 e. The Morgan fingerprint density at radius 1 is 1.44 bits per heavy atom. The third kappa shape index (κ3) is 3.53. The van der Waals surface area contributed by atoms with E-state index in [1.165, 1.54) is 12.1 Å². The number of hydrogen-bond acceptors (Lipinski definition) is 2. The van der Waals surface area contributed by atoms with Gasteiger partial charge in [0.2, 0.25) is 0 Å². The maximum absolute atomic E-state index is 13.6. The second-order valence-electron chi connectivity index (χ2n) is 3.72. The molecular formula is C12H13BrFNO3. The van der Waals surface area contributed by atoms with Crippen LogP contribution in [0.1, 0.15) is 23.7 Å². The van der Waals surface area contributed by atoms with Gasteiger partial charge in [-0.15, -0.1) is 0 Å². The standard InChI is InChI=1S/C12H13BrFNO3/c1-2-6-15(7-10(16)17)12(18)11-8(13)4-3-5-9(11)14/h3-5H,2,6-7H2,1H3,(H,16,17). The third-order valence-corrected chi connectivity index (χ3v) is 2.94. The number of carbonyl (C=O) groups excluding carboxylic acids is 1. The second kappa shape index (κ2) is 6.49. The summed E-state index contributed by atoms with van der Waals surface area (Å²) in [6, 6.07) is 4.18. The van der Waals surface area contributed by atoms with Gasteiger partial charge in [0.25, 0.3) is 5.91 Å². The van der Waals surface area contributed by atoms with E-state index in [-0.39, 0.29) is 12.1 Å². The summed E-state index contributed by atoms with van der Waals surface area (Å²) >= 11 is 3.10. The van der Waals surface area contributed by atoms with Gasteiger partial charge in [-0.25, -0.2) is 4.39 Å². The molecule has 0 radical (unpaired) electrons. The summed E-state index contributed by atoms with van der Waals surface area (Å²) in [4.78, 5) is 23.9. The molecule has 4 nitrogen and oxygen atoms in total. The highest BCUT2D eigenvalue weighted by atomic mass is 79.9. The summed E-state index contributed by atoms with van der Waals surface area (Å²) in [5, 5.41) is 8.75. The van der Waals surface area contributed by atoms with Gasteiger partial charge in [0.1, 0.15) is 12.4 Å². The van der Waals surface area contributed by atoms with Crippen molar-refractivity contribution in [1.82, 2.24) is 4.90 Å². The van der Waals surface area contributed by atoms with Crippen molar-refractivity contribution in [1.29, 1.82) is 0 Å². The van der Waals surface area contributed by atoms with Gasteiger partial charge in [-0.3, -0.25) is 9.59 Å². The zero-order valence-corrected chi connectivity index (χ0v) is 11.4. The van der Waals surface area contributed by atoms with Crippen LogP contribution in [-0.4, -0.2) is 35.0 Å². The molecular weight excluding hydrogens is 305 g/mol. The molecule has 0 atom stereocenters. The van der Waals surface area contributed by atoms with Crippen LogP contribution in [-0.2, 0) is 4.79 Å². The highest BCUT2D eigenvalue weighted by molar-refractivity contribution is 9.10. The van der Waals surface area contributed by atoms with Crippen LogP contribution in [0.15, 0.2) is 22.7 Å². The molecule has 0 saturated carbocycles. The summed E-state index contributed by atoms with van der Waals surface area (Å²) in [5.74, 6) is -2.41. The van der Waals surface area contributed by atoms with Crippen LogP contribution < -0.4 is 0 Å². The van der Waals surface area contributed by atoms with Crippen LogP contribution in [0.3, 0.4) is 0 Å². The first kappa shape index (κ1) is 14.6. The molecule has 1 amide bonds. The number of amides is 1. The normalized spacial score (nSPS) is 10.2. The lowest BCUT2D eigenvalue weighted by atomic mass is 10.2. The Labute approximate surface area is 113 Å². The van der Waals surface area contributed by atoms with Crippen LogP contribution in [0.5, 0.6) is 0 Å². The fraction of sp³-hybridized carbons (Fsp3) is 0.333. The Morgan fingerprint density at radius 2 is 2.11 bits per heavy atom. The first-order valence-electron chi connectivity index (χ1n) is 5.42. The van der Waals surface area contributed by atoms with Crippen molar-refractivity contribution in [2.45, 2.75) is 13.3 Å². The number of nitrogens with zero attached hydrogens (tertiary/aromatic N) is 1. The molecule has 98 valence electrons. The van der Waals surface area contributed by atoms with Crippen LogP contribution >= 0.6 is 15.9 Å². The second-order valence-corrected chi connectivity index (χ2v) is 4.57. The Balaban J connectivity index is 3.05. The Morgan fingerprint density at radius 3 is 2.61 bits per heavy atom. The van der Waals surface area contributed by atoms with Crippen molar-refractivity contribution in [3.63, 3.8) is 0 Å². The number of aliphatic carboxylic acids is 1. The first-order valence-corrected chi connectivity index (χ1v) is 6.21. The smallest absolute Gasteiger partial charge is 0.323 e. The zero-order chi connectivity index (χ0) is 13.7. The van der Waals surface area contributed by atoms with Gasteiger partial charge in [-0.2, -0.15) is 0 Å². The van der Waals surface area contributed by atoms with E-state index in [1.807, 2.05) is 6.92 Å². The number of halogens is 2. The van der Waals surface area contributed by atoms with Crippen molar-refractivity contribution >= 4 is 27.8 Å². The van der Waals surface area contributed by atoms with E-state index in [4.69, 9.17) is 5.11 Å². The Hall–Kier alpha value is -1.43. The van der Waals surface area contributed by atoms with E-state index in [9.17, 15) is 14.0 Å². The van der Waals surface area contributed by atoms with Gasteiger partial charge in [-0.05, 0) is 34.5 Å². The van der Waals surface area contributed by atoms with Crippen LogP contribution in [0.4, 0.5) is 4.39 Å². The van der Waals surface area contributed by atoms with E-state index in [1.54, 1.807) is 6.07 Å². The van der Waals surface area contributed by atoms with E-state index in [0.717, 1.165) is 4.90 Å². The van der Waals surface area contributed by atoms with Crippen molar-refractivity contribution in [2.24, 2.45) is 0 Å². The third-order valence-electron chi connectivity index (χ3n) is 2.28. The molecule has 0 fully saturated rings. The molecule has 18 heavy (non-hydrogen) atoms. The molecule has 0 aliphatic rings. The van der Waals surface area contributed by atoms with Crippen LogP contribution in [0.2, 0.25) is 0 Å². The van der Waals surface area contributed by atoms with Crippen LogP contribution in [0.25, 0.3) is 0 Å². The van der Waals surface area contributed by atoms with E-state index < -0.39 is 24.2 Å². The van der Waals surface area contributed by atoms with E-state index in [2.05, 4.69) is 15.9 Å². The SMILES string of the molecule is CCCN(CC(=O)O)C(=O)c1c(F)cccc1Br. The summed E-state index contributed by atoms with van der Waals surface area (Å²) in [5.41, 5.74) is -0.132. The molecule has 0 saturated heterocycles. The molecule has 1 aromatic rings. The summed E-state index contributed by atoms with van der Waals surface area (Å²) in [7, 11) is 0. The molecule has 1 N–H and O–H groups in total. The maximum atomic E-state index is 13.6. The average Bonchev–Trinajstić information content (AvgIpc) is 2.27. The van der Waals surface area contributed by atoms with E-state index in [0.29, 0.717) is 10.9 Å². The number of carbonyl (C=O) groups is 2. The predicted molar refractivity (Wildman–Crippen MR) is 67.9 cm³/mol. The van der Waals surface area contributed by atoms with E-state index >= 15 is 0 Å². The Bertz CT molecular complexity index is 444. The largest absolute Gasteiger partial charge is 0.480 e. The quantitative estimate of drug-likeness (QED) is 0.907. The lowest BCUT2D eigenvalue weighted by molar-refractivity contribution is -0.137. The van der Waals surface area contributed by atoms with Gasteiger partial charge >= 0.3 is 5.97 Å². The minimum atomic E-state index is -1.12. The summed E-state index contributed by atoms with van der Waals surface area (Å²) in [6.45, 7) is 1.65. The van der Waals surface area contributed by atoms with Crippen molar-refractivity contribution in [2.75, 3.05) is 13.1 Å². The molecule has 0 bridgehead atoms. The number of carboxylic acid groups (broad SMARTS) is 1. The average molecular weight is 318 g/mol. The lowest BCUT2D eigenvalue weighted by Gasteiger charge is -2.20. The zero-order valence-electron chi connectivity index (χ0n) is 9.82. The molecule has 0 aliphatic heterocycles. The molecule has 1 rings (SSSR count).